The van der Waals surface area contributed by atoms with Gasteiger partial charge in [-0.15, -0.1) is 0 Å². The van der Waals surface area contributed by atoms with Crippen molar-refractivity contribution in [1.29, 1.82) is 0 Å². The SMILES string of the molecule is CC(C)N1CC([N+](=O)[O-])([N+](=O)[O-])C1. The first kappa shape index (κ1) is 9.85. The Morgan fingerprint density at radius 1 is 1.23 bits per heavy atom. The average Bonchev–Trinajstić information content (AvgIpc) is 1.80. The van der Waals surface area contributed by atoms with Crippen molar-refractivity contribution in [3.63, 3.8) is 0 Å². The van der Waals surface area contributed by atoms with Crippen LogP contribution in [0.3, 0.4) is 0 Å². The summed E-state index contributed by atoms with van der Waals surface area (Å²) in [5.74, 6) is 0. The van der Waals surface area contributed by atoms with Crippen molar-refractivity contribution in [2.75, 3.05) is 13.1 Å². The summed E-state index contributed by atoms with van der Waals surface area (Å²) in [6.45, 7) is 3.52. The van der Waals surface area contributed by atoms with Crippen LogP contribution in [-0.4, -0.2) is 39.5 Å². The Labute approximate surface area is 74.6 Å². The molecule has 1 rings (SSSR count). The van der Waals surface area contributed by atoms with Gasteiger partial charge in [0.1, 0.15) is 22.9 Å². The summed E-state index contributed by atoms with van der Waals surface area (Å²) in [7, 11) is 0. The number of likely N-dealkylation sites (tertiary alicyclic amines) is 1. The van der Waals surface area contributed by atoms with E-state index in [0.29, 0.717) is 0 Å². The molecule has 0 atom stereocenters. The minimum Gasteiger partial charge on any atom is -0.274 e. The van der Waals surface area contributed by atoms with Gasteiger partial charge in [0.15, 0.2) is 0 Å². The maximum absolute atomic E-state index is 10.5. The number of rotatable bonds is 3. The van der Waals surface area contributed by atoms with Gasteiger partial charge >= 0.3 is 5.66 Å². The van der Waals surface area contributed by atoms with Crippen molar-refractivity contribution < 1.29 is 9.85 Å². The minimum absolute atomic E-state index is 0.0926. The molecule has 0 radical (unpaired) electrons. The number of nitro groups is 2. The molecule has 0 aliphatic carbocycles. The standard InChI is InChI=1S/C6H11N3O4/c1-5(2)7-3-6(4-7,8(10)11)9(12)13/h5H,3-4H2,1-2H3. The molecule has 1 aliphatic heterocycles. The molecule has 0 aromatic rings. The third-order valence-corrected chi connectivity index (χ3v) is 2.32. The molecule has 7 heteroatoms. The second kappa shape index (κ2) is 2.91. The molecule has 0 aromatic carbocycles. The Morgan fingerprint density at radius 2 is 1.62 bits per heavy atom. The van der Waals surface area contributed by atoms with Crippen LogP contribution >= 0.6 is 0 Å². The molecule has 0 spiro atoms. The van der Waals surface area contributed by atoms with Crippen LogP contribution in [0.15, 0.2) is 0 Å². The van der Waals surface area contributed by atoms with E-state index in [4.69, 9.17) is 0 Å². The zero-order valence-corrected chi connectivity index (χ0v) is 7.47. The largest absolute Gasteiger partial charge is 0.482 e. The number of nitrogens with zero attached hydrogens (tertiary/aromatic N) is 3. The molecule has 1 fully saturated rings. The molecule has 0 amide bonds. The predicted octanol–water partition coefficient (Wildman–Crippen LogP) is -0.0399. The van der Waals surface area contributed by atoms with Crippen molar-refractivity contribution in [2.24, 2.45) is 0 Å². The molecule has 0 unspecified atom stereocenters. The van der Waals surface area contributed by atoms with Gasteiger partial charge in [-0.1, -0.05) is 0 Å². The van der Waals surface area contributed by atoms with Crippen LogP contribution in [0.1, 0.15) is 13.8 Å². The van der Waals surface area contributed by atoms with Gasteiger partial charge in [-0.05, 0) is 13.8 Å². The van der Waals surface area contributed by atoms with E-state index < -0.39 is 15.5 Å². The molecule has 7 nitrogen and oxygen atoms in total. The highest BCUT2D eigenvalue weighted by Crippen LogP contribution is 2.26. The number of hydrogen-bond donors (Lipinski definition) is 0. The molecule has 1 saturated heterocycles. The fourth-order valence-electron chi connectivity index (χ4n) is 1.27. The van der Waals surface area contributed by atoms with Crippen molar-refractivity contribution in [1.82, 2.24) is 4.90 Å². The zero-order chi connectivity index (χ0) is 10.2. The number of hydrogen-bond acceptors (Lipinski definition) is 5. The third kappa shape index (κ3) is 1.35. The molecule has 1 aliphatic rings. The lowest BCUT2D eigenvalue weighted by atomic mass is 10.0. The van der Waals surface area contributed by atoms with Crippen molar-refractivity contribution in [3.05, 3.63) is 20.2 Å². The summed E-state index contributed by atoms with van der Waals surface area (Å²) < 4.78 is 0. The summed E-state index contributed by atoms with van der Waals surface area (Å²) in [5, 5.41) is 20.9. The van der Waals surface area contributed by atoms with Crippen LogP contribution in [0.5, 0.6) is 0 Å². The molecule has 1 heterocycles. The topological polar surface area (TPSA) is 89.5 Å². The second-order valence-corrected chi connectivity index (χ2v) is 3.50. The van der Waals surface area contributed by atoms with Gasteiger partial charge in [0.25, 0.3) is 0 Å². The third-order valence-electron chi connectivity index (χ3n) is 2.32. The highest BCUT2D eigenvalue weighted by Gasteiger charge is 2.66. The summed E-state index contributed by atoms with van der Waals surface area (Å²) in [4.78, 5) is 21.0. The fraction of sp³-hybridized carbons (Fsp3) is 1.00. The van der Waals surface area contributed by atoms with Crippen LogP contribution in [0.4, 0.5) is 0 Å². The van der Waals surface area contributed by atoms with Gasteiger partial charge in [0.05, 0.1) is 0 Å². The maximum atomic E-state index is 10.5. The molecular weight excluding hydrogens is 178 g/mol. The lowest BCUT2D eigenvalue weighted by Gasteiger charge is -2.38. The Bertz CT molecular complexity index is 230. The Balaban J connectivity index is 2.69. The average molecular weight is 189 g/mol. The molecule has 0 saturated carbocycles. The normalized spacial score (nSPS) is 21.2. The van der Waals surface area contributed by atoms with E-state index in [1.54, 1.807) is 4.90 Å². The van der Waals surface area contributed by atoms with Gasteiger partial charge in [-0.25, -0.2) is 0 Å². The molecule has 13 heavy (non-hydrogen) atoms. The lowest BCUT2D eigenvalue weighted by Crippen LogP contribution is -2.71. The molecule has 74 valence electrons. The fourth-order valence-corrected chi connectivity index (χ4v) is 1.27. The first-order chi connectivity index (χ1) is 5.90. The minimum atomic E-state index is -1.95. The predicted molar refractivity (Wildman–Crippen MR) is 43.4 cm³/mol. The van der Waals surface area contributed by atoms with Gasteiger partial charge in [-0.2, -0.15) is 0 Å². The van der Waals surface area contributed by atoms with E-state index in [0.717, 1.165) is 0 Å². The van der Waals surface area contributed by atoms with Gasteiger partial charge in [0.2, 0.25) is 0 Å². The van der Waals surface area contributed by atoms with Gasteiger partial charge in [-0.3, -0.25) is 25.1 Å². The van der Waals surface area contributed by atoms with Crippen molar-refractivity contribution >= 4 is 0 Å². The summed E-state index contributed by atoms with van der Waals surface area (Å²) in [5.41, 5.74) is -1.95. The summed E-state index contributed by atoms with van der Waals surface area (Å²) >= 11 is 0. The second-order valence-electron chi connectivity index (χ2n) is 3.50. The van der Waals surface area contributed by atoms with E-state index in [9.17, 15) is 20.2 Å². The van der Waals surface area contributed by atoms with Gasteiger partial charge < -0.3 is 0 Å². The quantitative estimate of drug-likeness (QED) is 0.353. The first-order valence-electron chi connectivity index (χ1n) is 3.93. The van der Waals surface area contributed by atoms with Crippen molar-refractivity contribution in [2.45, 2.75) is 25.6 Å². The van der Waals surface area contributed by atoms with E-state index in [-0.39, 0.29) is 19.1 Å². The van der Waals surface area contributed by atoms with Crippen molar-refractivity contribution in [3.8, 4) is 0 Å². The Hall–Kier alpha value is -1.24. The first-order valence-corrected chi connectivity index (χ1v) is 3.93. The molecule has 0 bridgehead atoms. The molecule has 0 aromatic heterocycles. The maximum Gasteiger partial charge on any atom is 0.482 e. The van der Waals surface area contributed by atoms with Crippen LogP contribution in [0.2, 0.25) is 0 Å². The zero-order valence-electron chi connectivity index (χ0n) is 7.47. The van der Waals surface area contributed by atoms with Crippen LogP contribution < -0.4 is 0 Å². The smallest absolute Gasteiger partial charge is 0.274 e. The summed E-state index contributed by atoms with van der Waals surface area (Å²) in [6.07, 6.45) is 0. The molecule has 0 N–H and O–H groups in total. The Morgan fingerprint density at radius 3 is 1.85 bits per heavy atom. The highest BCUT2D eigenvalue weighted by atomic mass is 16.7. The van der Waals surface area contributed by atoms with Crippen LogP contribution in [-0.2, 0) is 0 Å². The highest BCUT2D eigenvalue weighted by molar-refractivity contribution is 4.89. The summed E-state index contributed by atoms with van der Waals surface area (Å²) in [6, 6.07) is 0.119. The van der Waals surface area contributed by atoms with E-state index in [1.165, 1.54) is 0 Å². The van der Waals surface area contributed by atoms with Gasteiger partial charge in [0, 0.05) is 6.04 Å². The van der Waals surface area contributed by atoms with Crippen LogP contribution in [0, 0.1) is 20.2 Å². The van der Waals surface area contributed by atoms with E-state index in [1.807, 2.05) is 13.8 Å². The van der Waals surface area contributed by atoms with Crippen LogP contribution in [0.25, 0.3) is 0 Å². The van der Waals surface area contributed by atoms with E-state index >= 15 is 0 Å². The Kier molecular flexibility index (Phi) is 2.21. The van der Waals surface area contributed by atoms with E-state index in [2.05, 4.69) is 0 Å². The lowest BCUT2D eigenvalue weighted by molar-refractivity contribution is -0.811. The monoisotopic (exact) mass is 189 g/mol. The molecular formula is C6H11N3O4.